The molecule has 1 aliphatic rings. The molecule has 0 bridgehead atoms. The van der Waals surface area contributed by atoms with Crippen molar-refractivity contribution in [1.82, 2.24) is 19.9 Å². The van der Waals surface area contributed by atoms with Gasteiger partial charge < -0.3 is 16.2 Å². The van der Waals surface area contributed by atoms with Crippen LogP contribution in [0.2, 0.25) is 0 Å². The molecule has 8 heteroatoms. The molecule has 1 aromatic carbocycles. The third-order valence-corrected chi connectivity index (χ3v) is 5.91. The molecule has 2 heterocycles. The number of pyridine rings is 1. The second kappa shape index (κ2) is 8.39. The lowest BCUT2D eigenvalue weighted by Gasteiger charge is -2.18. The number of fused-ring (bicyclic) bond motifs is 1. The maximum absolute atomic E-state index is 15.3. The highest BCUT2D eigenvalue weighted by Crippen LogP contribution is 2.29. The van der Waals surface area contributed by atoms with Crippen LogP contribution in [0, 0.1) is 18.7 Å². The molecule has 1 aliphatic carbocycles. The van der Waals surface area contributed by atoms with Crippen molar-refractivity contribution in [2.24, 2.45) is 5.92 Å². The predicted molar refractivity (Wildman–Crippen MR) is 112 cm³/mol. The molecule has 0 spiro atoms. The molecule has 0 saturated heterocycles. The Kier molecular flexibility index (Phi) is 5.67. The maximum atomic E-state index is 15.3. The maximum Gasteiger partial charge on any atom is 0.254 e. The second-order valence-corrected chi connectivity index (χ2v) is 7.96. The third kappa shape index (κ3) is 4.00. The number of nitrogens with two attached hydrogens (primary N) is 1. The molecular weight excluding hydrogens is 385 g/mol. The zero-order chi connectivity index (χ0) is 21.3. The minimum atomic E-state index is -0.583. The van der Waals surface area contributed by atoms with Crippen LogP contribution in [-0.4, -0.2) is 38.3 Å². The van der Waals surface area contributed by atoms with Crippen LogP contribution >= 0.6 is 0 Å². The van der Waals surface area contributed by atoms with Gasteiger partial charge in [0.25, 0.3) is 5.91 Å². The number of hydrogen-bond acceptors (Lipinski definition) is 5. The van der Waals surface area contributed by atoms with E-state index in [0.29, 0.717) is 41.2 Å². The summed E-state index contributed by atoms with van der Waals surface area (Å²) in [5, 5.41) is 17.1. The van der Waals surface area contributed by atoms with Crippen molar-refractivity contribution in [1.29, 1.82) is 0 Å². The minimum absolute atomic E-state index is 0.0173. The number of aromatic nitrogens is 3. The fraction of sp³-hybridized carbons (Fsp3) is 0.409. The lowest BCUT2D eigenvalue weighted by molar-refractivity contribution is 0.0890. The SMILES string of the molecule is Cc1ccc(-c2ccn3nc(N)nc3c2)c(F)c1C(=O)NCC[C@@H](O)C1CCCC1. The Labute approximate surface area is 174 Å². The van der Waals surface area contributed by atoms with Crippen LogP contribution in [0.5, 0.6) is 0 Å². The van der Waals surface area contributed by atoms with Crippen LogP contribution < -0.4 is 11.1 Å². The molecule has 1 amide bonds. The Bertz CT molecular complexity index is 1070. The van der Waals surface area contributed by atoms with Crippen molar-refractivity contribution in [3.63, 3.8) is 0 Å². The average Bonchev–Trinajstić information content (AvgIpc) is 3.36. The van der Waals surface area contributed by atoms with Gasteiger partial charge in [-0.2, -0.15) is 4.98 Å². The molecule has 1 saturated carbocycles. The van der Waals surface area contributed by atoms with Crippen LogP contribution in [0.4, 0.5) is 10.3 Å². The number of nitrogen functional groups attached to an aromatic ring is 1. The van der Waals surface area contributed by atoms with Crippen LogP contribution in [0.3, 0.4) is 0 Å². The number of benzene rings is 1. The van der Waals surface area contributed by atoms with Crippen molar-refractivity contribution in [3.8, 4) is 11.1 Å². The average molecular weight is 411 g/mol. The molecule has 158 valence electrons. The quantitative estimate of drug-likeness (QED) is 0.578. The van der Waals surface area contributed by atoms with Gasteiger partial charge in [0.15, 0.2) is 5.65 Å². The summed E-state index contributed by atoms with van der Waals surface area (Å²) in [7, 11) is 0. The Morgan fingerprint density at radius 3 is 2.90 bits per heavy atom. The zero-order valence-corrected chi connectivity index (χ0v) is 16.9. The van der Waals surface area contributed by atoms with E-state index in [1.54, 1.807) is 37.4 Å². The fourth-order valence-corrected chi connectivity index (χ4v) is 4.24. The summed E-state index contributed by atoms with van der Waals surface area (Å²) in [6.07, 6.45) is 6.07. The highest BCUT2D eigenvalue weighted by Gasteiger charge is 2.24. The number of aryl methyl sites for hydroxylation is 1. The number of hydrogen-bond donors (Lipinski definition) is 3. The zero-order valence-electron chi connectivity index (χ0n) is 16.9. The van der Waals surface area contributed by atoms with Gasteiger partial charge in [0.2, 0.25) is 5.95 Å². The highest BCUT2D eigenvalue weighted by atomic mass is 19.1. The van der Waals surface area contributed by atoms with Crippen LogP contribution in [0.25, 0.3) is 16.8 Å². The molecular formula is C22H26FN5O2. The largest absolute Gasteiger partial charge is 0.393 e. The first kappa shape index (κ1) is 20.3. The van der Waals surface area contributed by atoms with Gasteiger partial charge in [0.1, 0.15) is 5.82 Å². The van der Waals surface area contributed by atoms with Crippen LogP contribution in [0.15, 0.2) is 30.5 Å². The number of halogens is 1. The number of amides is 1. The van der Waals surface area contributed by atoms with Gasteiger partial charge in [-0.3, -0.25) is 4.79 Å². The number of nitrogens with one attached hydrogen (secondary N) is 1. The smallest absolute Gasteiger partial charge is 0.254 e. The Morgan fingerprint density at radius 1 is 1.37 bits per heavy atom. The number of carbonyl (C=O) groups excluding carboxylic acids is 1. The summed E-state index contributed by atoms with van der Waals surface area (Å²) >= 11 is 0. The summed E-state index contributed by atoms with van der Waals surface area (Å²) in [6, 6.07) is 6.76. The fourth-order valence-electron chi connectivity index (χ4n) is 4.24. The Balaban J connectivity index is 1.52. The van der Waals surface area contributed by atoms with Gasteiger partial charge in [-0.15, -0.1) is 5.10 Å². The lowest BCUT2D eigenvalue weighted by atomic mass is 9.97. The number of aliphatic hydroxyl groups is 1. The van der Waals surface area contributed by atoms with Crippen LogP contribution in [-0.2, 0) is 0 Å². The molecule has 30 heavy (non-hydrogen) atoms. The van der Waals surface area contributed by atoms with Crippen LogP contribution in [0.1, 0.15) is 48.0 Å². The first-order valence-corrected chi connectivity index (χ1v) is 10.3. The summed E-state index contributed by atoms with van der Waals surface area (Å²) in [4.78, 5) is 16.8. The summed E-state index contributed by atoms with van der Waals surface area (Å²) < 4.78 is 16.8. The number of nitrogens with zero attached hydrogens (tertiary/aromatic N) is 3. The molecule has 4 N–H and O–H groups in total. The topological polar surface area (TPSA) is 106 Å². The number of aliphatic hydroxyl groups excluding tert-OH is 1. The second-order valence-electron chi connectivity index (χ2n) is 7.96. The van der Waals surface area contributed by atoms with Crippen molar-refractivity contribution in [2.75, 3.05) is 12.3 Å². The molecule has 1 fully saturated rings. The summed E-state index contributed by atoms with van der Waals surface area (Å²) in [5.41, 5.74) is 7.57. The lowest BCUT2D eigenvalue weighted by Crippen LogP contribution is -2.30. The van der Waals surface area contributed by atoms with Gasteiger partial charge in [-0.05, 0) is 55.4 Å². The van der Waals surface area contributed by atoms with E-state index in [-0.39, 0.29) is 11.5 Å². The molecule has 3 aromatic rings. The van der Waals surface area contributed by atoms with Crippen molar-refractivity contribution in [3.05, 3.63) is 47.4 Å². The van der Waals surface area contributed by atoms with Gasteiger partial charge in [0, 0.05) is 18.3 Å². The van der Waals surface area contributed by atoms with E-state index in [9.17, 15) is 9.90 Å². The van der Waals surface area contributed by atoms with E-state index in [1.165, 1.54) is 4.52 Å². The molecule has 1 atom stereocenters. The van der Waals surface area contributed by atoms with E-state index in [2.05, 4.69) is 15.4 Å². The van der Waals surface area contributed by atoms with Gasteiger partial charge >= 0.3 is 0 Å². The summed E-state index contributed by atoms with van der Waals surface area (Å²) in [5.74, 6) is -0.611. The third-order valence-electron chi connectivity index (χ3n) is 5.91. The minimum Gasteiger partial charge on any atom is -0.393 e. The predicted octanol–water partition coefficient (Wildman–Crippen LogP) is 3.10. The highest BCUT2D eigenvalue weighted by molar-refractivity contribution is 5.97. The van der Waals surface area contributed by atoms with Gasteiger partial charge in [-0.25, -0.2) is 8.91 Å². The summed E-state index contributed by atoms with van der Waals surface area (Å²) in [6.45, 7) is 2.02. The van der Waals surface area contributed by atoms with E-state index in [4.69, 9.17) is 5.73 Å². The molecule has 0 unspecified atom stereocenters. The normalized spacial score (nSPS) is 15.6. The van der Waals surface area contributed by atoms with Gasteiger partial charge in [-0.1, -0.05) is 25.0 Å². The van der Waals surface area contributed by atoms with Crippen molar-refractivity contribution < 1.29 is 14.3 Å². The standard InChI is InChI=1S/C22H26FN5O2/c1-13-6-7-16(15-9-11-28-18(12-15)26-22(24)27-28)20(23)19(13)21(30)25-10-8-17(29)14-4-2-3-5-14/h6-7,9,11-12,14,17,29H,2-5,8,10H2,1H3,(H2,24,27)(H,25,30)/t17-/m1/s1. The monoisotopic (exact) mass is 411 g/mol. The Morgan fingerprint density at radius 2 is 2.13 bits per heavy atom. The van der Waals surface area contributed by atoms with E-state index < -0.39 is 17.8 Å². The number of carbonyl (C=O) groups is 1. The molecule has 7 nitrogen and oxygen atoms in total. The molecule has 4 rings (SSSR count). The first-order valence-electron chi connectivity index (χ1n) is 10.3. The molecule has 2 aromatic heterocycles. The van der Waals surface area contributed by atoms with Gasteiger partial charge in [0.05, 0.1) is 11.7 Å². The van der Waals surface area contributed by atoms with E-state index >= 15 is 4.39 Å². The van der Waals surface area contributed by atoms with Crippen molar-refractivity contribution >= 4 is 17.5 Å². The molecule has 0 aliphatic heterocycles. The van der Waals surface area contributed by atoms with Crippen molar-refractivity contribution in [2.45, 2.75) is 45.1 Å². The Hall–Kier alpha value is -3.00. The first-order chi connectivity index (χ1) is 14.4. The van der Waals surface area contributed by atoms with E-state index in [0.717, 1.165) is 25.7 Å². The number of anilines is 1. The van der Waals surface area contributed by atoms with E-state index in [1.807, 2.05) is 0 Å². The number of rotatable bonds is 6. The molecule has 0 radical (unpaired) electrons.